The number of ether oxygens (including phenoxy) is 3. The van der Waals surface area contributed by atoms with E-state index in [-0.39, 0.29) is 5.91 Å². The van der Waals surface area contributed by atoms with Crippen LogP contribution in [-0.4, -0.2) is 67.4 Å². The Morgan fingerprint density at radius 1 is 1.02 bits per heavy atom. The topological polar surface area (TPSA) is 89.0 Å². The molecule has 0 aliphatic carbocycles. The number of thioether (sulfide) groups is 1. The van der Waals surface area contributed by atoms with Crippen LogP contribution in [-0.2, 0) is 23.6 Å². The number of methoxy groups -OCH3 is 1. The predicted molar refractivity (Wildman–Crippen MR) is 156 cm³/mol. The molecule has 0 radical (unpaired) electrons. The van der Waals surface area contributed by atoms with Gasteiger partial charge in [0, 0.05) is 63.8 Å². The molecule has 3 aromatic rings. The quantitative estimate of drug-likeness (QED) is 0.270. The third-order valence-corrected chi connectivity index (χ3v) is 7.72. The van der Waals surface area contributed by atoms with E-state index in [2.05, 4.69) is 41.1 Å². The van der Waals surface area contributed by atoms with Gasteiger partial charge in [-0.2, -0.15) is 0 Å². The number of nitrogens with one attached hydrogen (secondary N) is 1. The van der Waals surface area contributed by atoms with Gasteiger partial charge >= 0.3 is 0 Å². The molecular formula is C30H37N5O4S. The minimum Gasteiger partial charge on any atom is -0.454 e. The summed E-state index contributed by atoms with van der Waals surface area (Å²) in [4.78, 5) is 26.9. The summed E-state index contributed by atoms with van der Waals surface area (Å²) in [7, 11) is 1.68. The van der Waals surface area contributed by atoms with Crippen molar-refractivity contribution in [3.8, 4) is 11.5 Å². The Morgan fingerprint density at radius 2 is 1.85 bits per heavy atom. The molecule has 0 bridgehead atoms. The largest absolute Gasteiger partial charge is 0.454 e. The summed E-state index contributed by atoms with van der Waals surface area (Å²) in [5.74, 6) is 3.61. The van der Waals surface area contributed by atoms with E-state index >= 15 is 0 Å². The SMILES string of the molecule is COCc1cc(N2CCN(Cc3ccc4c(c3)OCO4)CC2)nc(SCc2cccc(C(=O)NCC(C)C)c2)n1. The van der Waals surface area contributed by atoms with Crippen molar-refractivity contribution in [2.24, 2.45) is 5.92 Å². The first-order valence-electron chi connectivity index (χ1n) is 13.7. The van der Waals surface area contributed by atoms with Crippen molar-refractivity contribution in [1.29, 1.82) is 0 Å². The van der Waals surface area contributed by atoms with Crippen LogP contribution in [0.1, 0.15) is 41.0 Å². The van der Waals surface area contributed by atoms with Crippen molar-refractivity contribution in [2.75, 3.05) is 51.5 Å². The average Bonchev–Trinajstić information content (AvgIpc) is 3.43. The zero-order valence-corrected chi connectivity index (χ0v) is 24.2. The Balaban J connectivity index is 1.20. The summed E-state index contributed by atoms with van der Waals surface area (Å²) in [5.41, 5.74) is 3.82. The van der Waals surface area contributed by atoms with Gasteiger partial charge < -0.3 is 24.4 Å². The second-order valence-corrected chi connectivity index (χ2v) is 11.4. The molecule has 1 fully saturated rings. The molecule has 0 spiro atoms. The van der Waals surface area contributed by atoms with Crippen LogP contribution in [0.5, 0.6) is 11.5 Å². The molecule has 40 heavy (non-hydrogen) atoms. The number of carbonyl (C=O) groups excluding carboxylic acids is 1. The van der Waals surface area contributed by atoms with E-state index in [9.17, 15) is 4.79 Å². The fraction of sp³-hybridized carbons (Fsp3) is 0.433. The fourth-order valence-electron chi connectivity index (χ4n) is 4.69. The molecule has 5 rings (SSSR count). The number of hydrogen-bond acceptors (Lipinski definition) is 9. The highest BCUT2D eigenvalue weighted by atomic mass is 32.2. The van der Waals surface area contributed by atoms with Gasteiger partial charge in [-0.3, -0.25) is 9.69 Å². The van der Waals surface area contributed by atoms with Crippen molar-refractivity contribution < 1.29 is 19.0 Å². The van der Waals surface area contributed by atoms with Gasteiger partial charge in [-0.15, -0.1) is 0 Å². The van der Waals surface area contributed by atoms with Crippen LogP contribution in [0.4, 0.5) is 5.82 Å². The van der Waals surface area contributed by atoms with Crippen LogP contribution in [0, 0.1) is 5.92 Å². The van der Waals surface area contributed by atoms with Crippen LogP contribution >= 0.6 is 11.8 Å². The van der Waals surface area contributed by atoms with E-state index in [4.69, 9.17) is 24.2 Å². The first-order chi connectivity index (χ1) is 19.5. The van der Waals surface area contributed by atoms with E-state index in [1.807, 2.05) is 36.4 Å². The molecule has 0 unspecified atom stereocenters. The van der Waals surface area contributed by atoms with Gasteiger partial charge in [0.2, 0.25) is 6.79 Å². The first-order valence-corrected chi connectivity index (χ1v) is 14.7. The van der Waals surface area contributed by atoms with Crippen molar-refractivity contribution in [2.45, 2.75) is 37.9 Å². The van der Waals surface area contributed by atoms with Gasteiger partial charge in [0.25, 0.3) is 5.91 Å². The molecule has 2 aliphatic heterocycles. The van der Waals surface area contributed by atoms with E-state index in [1.54, 1.807) is 18.9 Å². The molecule has 2 aliphatic rings. The van der Waals surface area contributed by atoms with E-state index in [0.29, 0.717) is 42.3 Å². The maximum absolute atomic E-state index is 12.5. The Kier molecular flexibility index (Phi) is 9.41. The minimum atomic E-state index is -0.0427. The van der Waals surface area contributed by atoms with Crippen LogP contribution in [0.25, 0.3) is 0 Å². The molecule has 1 saturated heterocycles. The second kappa shape index (κ2) is 13.3. The zero-order valence-electron chi connectivity index (χ0n) is 23.4. The normalized spacial score (nSPS) is 15.1. The summed E-state index contributed by atoms with van der Waals surface area (Å²) in [6, 6.07) is 16.0. The van der Waals surface area contributed by atoms with Gasteiger partial charge in [-0.25, -0.2) is 9.97 Å². The highest BCUT2D eigenvalue weighted by Crippen LogP contribution is 2.33. The van der Waals surface area contributed by atoms with Crippen molar-refractivity contribution in [3.05, 3.63) is 70.9 Å². The average molecular weight is 564 g/mol. The van der Waals surface area contributed by atoms with Crippen molar-refractivity contribution in [1.82, 2.24) is 20.2 Å². The third kappa shape index (κ3) is 7.44. The first kappa shape index (κ1) is 28.2. The van der Waals surface area contributed by atoms with E-state index in [0.717, 1.165) is 61.3 Å². The van der Waals surface area contributed by atoms with Gasteiger partial charge in [-0.1, -0.05) is 43.8 Å². The number of fused-ring (bicyclic) bond motifs is 1. The molecule has 1 amide bonds. The number of benzene rings is 2. The van der Waals surface area contributed by atoms with Gasteiger partial charge in [0.15, 0.2) is 16.7 Å². The molecule has 3 heterocycles. The molecule has 1 aromatic heterocycles. The third-order valence-electron chi connectivity index (χ3n) is 6.80. The molecule has 1 N–H and O–H groups in total. The van der Waals surface area contributed by atoms with Gasteiger partial charge in [0.05, 0.1) is 12.3 Å². The van der Waals surface area contributed by atoms with E-state index < -0.39 is 0 Å². The summed E-state index contributed by atoms with van der Waals surface area (Å²) >= 11 is 1.57. The van der Waals surface area contributed by atoms with Crippen LogP contribution in [0.2, 0.25) is 0 Å². The maximum Gasteiger partial charge on any atom is 0.251 e. The highest BCUT2D eigenvalue weighted by molar-refractivity contribution is 7.98. The summed E-state index contributed by atoms with van der Waals surface area (Å²) in [6.07, 6.45) is 0. The second-order valence-electron chi connectivity index (χ2n) is 10.5. The number of nitrogens with zero attached hydrogens (tertiary/aromatic N) is 4. The minimum absolute atomic E-state index is 0.0427. The predicted octanol–water partition coefficient (Wildman–Crippen LogP) is 4.35. The molecule has 2 aromatic carbocycles. The smallest absolute Gasteiger partial charge is 0.251 e. The Hall–Kier alpha value is -3.34. The van der Waals surface area contributed by atoms with E-state index in [1.165, 1.54) is 5.56 Å². The number of carbonyl (C=O) groups is 1. The lowest BCUT2D eigenvalue weighted by atomic mass is 10.1. The number of piperazine rings is 1. The standard InChI is InChI=1S/C30H37N5O4S/c1-21(2)16-31-29(36)24-6-4-5-23(13-24)19-40-30-32-25(18-37-3)15-28(33-30)35-11-9-34(10-12-35)17-22-7-8-26-27(14-22)39-20-38-26/h4-8,13-15,21H,9-12,16-20H2,1-3H3,(H,31,36). The number of amides is 1. The number of rotatable bonds is 11. The molecule has 212 valence electrons. The lowest BCUT2D eigenvalue weighted by molar-refractivity contribution is 0.0949. The zero-order chi connectivity index (χ0) is 27.9. The number of hydrogen-bond donors (Lipinski definition) is 1. The van der Waals surface area contributed by atoms with Crippen molar-refractivity contribution >= 4 is 23.5 Å². The summed E-state index contributed by atoms with van der Waals surface area (Å²) < 4.78 is 16.4. The Labute approximate surface area is 240 Å². The highest BCUT2D eigenvalue weighted by Gasteiger charge is 2.21. The molecule has 0 saturated carbocycles. The molecule has 10 heteroatoms. The maximum atomic E-state index is 12.5. The molecule has 9 nitrogen and oxygen atoms in total. The fourth-order valence-corrected chi connectivity index (χ4v) is 5.50. The van der Waals surface area contributed by atoms with Crippen LogP contribution < -0.4 is 19.7 Å². The van der Waals surface area contributed by atoms with Crippen LogP contribution in [0.15, 0.2) is 53.7 Å². The monoisotopic (exact) mass is 563 g/mol. The lowest BCUT2D eigenvalue weighted by Gasteiger charge is -2.35. The molecule has 0 atom stereocenters. The summed E-state index contributed by atoms with van der Waals surface area (Å²) in [5, 5.41) is 3.70. The van der Waals surface area contributed by atoms with Gasteiger partial charge in [0.1, 0.15) is 5.82 Å². The molecular weight excluding hydrogens is 526 g/mol. The number of aromatic nitrogens is 2. The van der Waals surface area contributed by atoms with Crippen molar-refractivity contribution in [3.63, 3.8) is 0 Å². The Bertz CT molecular complexity index is 1310. The summed E-state index contributed by atoms with van der Waals surface area (Å²) in [6.45, 7) is 10.1. The van der Waals surface area contributed by atoms with Gasteiger partial charge in [-0.05, 0) is 41.3 Å². The lowest BCUT2D eigenvalue weighted by Crippen LogP contribution is -2.46. The van der Waals surface area contributed by atoms with Crippen LogP contribution in [0.3, 0.4) is 0 Å². The Morgan fingerprint density at radius 3 is 2.65 bits per heavy atom. The number of anilines is 1.